The van der Waals surface area contributed by atoms with Gasteiger partial charge in [0.25, 0.3) is 5.91 Å². The van der Waals surface area contributed by atoms with Crippen LogP contribution in [0.25, 0.3) is 0 Å². The number of methoxy groups -OCH3 is 1. The highest BCUT2D eigenvalue weighted by Crippen LogP contribution is 2.26. The Kier molecular flexibility index (Phi) is 4.87. The van der Waals surface area contributed by atoms with Crippen LogP contribution in [0.15, 0.2) is 0 Å². The minimum absolute atomic E-state index is 0.0227. The van der Waals surface area contributed by atoms with E-state index in [-0.39, 0.29) is 17.4 Å². The van der Waals surface area contributed by atoms with Crippen molar-refractivity contribution in [1.29, 1.82) is 0 Å². The van der Waals surface area contributed by atoms with Crippen molar-refractivity contribution in [2.24, 2.45) is 5.41 Å². The number of ether oxygens (including phenoxy) is 1. The van der Waals surface area contributed by atoms with Crippen LogP contribution in [-0.2, 0) is 4.74 Å². The number of carbonyl (C=O) groups is 2. The molecule has 118 valence electrons. The molecule has 0 aromatic carbocycles. The van der Waals surface area contributed by atoms with E-state index < -0.39 is 5.97 Å². The van der Waals surface area contributed by atoms with Crippen molar-refractivity contribution in [1.82, 2.24) is 9.88 Å². The summed E-state index contributed by atoms with van der Waals surface area (Å²) in [5.74, 6) is -0.542. The van der Waals surface area contributed by atoms with Gasteiger partial charge >= 0.3 is 5.97 Å². The van der Waals surface area contributed by atoms with Crippen molar-refractivity contribution < 1.29 is 14.3 Å². The standard InChI is InChI=1S/C16H26N2O3/c1-9-12(15(20)21-8)10(2)17-13(9)14(19)18(7)11(3)16(4,5)6/h11,17H,1-8H3/t11-/m1/s1. The lowest BCUT2D eigenvalue weighted by Crippen LogP contribution is -2.43. The van der Waals surface area contributed by atoms with Crippen LogP contribution < -0.4 is 0 Å². The van der Waals surface area contributed by atoms with E-state index in [4.69, 9.17) is 4.74 Å². The van der Waals surface area contributed by atoms with Gasteiger partial charge in [-0.05, 0) is 31.7 Å². The minimum Gasteiger partial charge on any atom is -0.465 e. The molecule has 0 radical (unpaired) electrons. The minimum atomic E-state index is -0.424. The number of carbonyl (C=O) groups excluding carboxylic acids is 2. The summed E-state index contributed by atoms with van der Waals surface area (Å²) in [4.78, 5) is 29.2. The molecule has 0 saturated carbocycles. The Morgan fingerprint density at radius 2 is 1.76 bits per heavy atom. The van der Waals surface area contributed by atoms with Crippen molar-refractivity contribution in [2.45, 2.75) is 47.6 Å². The molecule has 1 atom stereocenters. The molecular formula is C16H26N2O3. The Morgan fingerprint density at radius 1 is 1.24 bits per heavy atom. The molecule has 0 aliphatic carbocycles. The number of hydrogen-bond acceptors (Lipinski definition) is 3. The monoisotopic (exact) mass is 294 g/mol. The molecule has 5 heteroatoms. The quantitative estimate of drug-likeness (QED) is 0.872. The number of amides is 1. The van der Waals surface area contributed by atoms with E-state index in [2.05, 4.69) is 25.8 Å². The zero-order valence-electron chi connectivity index (χ0n) is 14.2. The summed E-state index contributed by atoms with van der Waals surface area (Å²) in [6, 6.07) is 0.0644. The van der Waals surface area contributed by atoms with Crippen LogP contribution in [0.3, 0.4) is 0 Å². The number of aromatic nitrogens is 1. The van der Waals surface area contributed by atoms with E-state index in [1.807, 2.05) is 6.92 Å². The molecule has 0 saturated heterocycles. The fourth-order valence-electron chi connectivity index (χ4n) is 2.31. The van der Waals surface area contributed by atoms with Gasteiger partial charge in [-0.2, -0.15) is 0 Å². The maximum absolute atomic E-state index is 12.7. The van der Waals surface area contributed by atoms with E-state index in [0.29, 0.717) is 22.5 Å². The van der Waals surface area contributed by atoms with E-state index in [1.165, 1.54) is 7.11 Å². The molecule has 21 heavy (non-hydrogen) atoms. The van der Waals surface area contributed by atoms with Crippen LogP contribution in [0.1, 0.15) is 59.8 Å². The van der Waals surface area contributed by atoms with Gasteiger partial charge in [-0.1, -0.05) is 20.8 Å². The summed E-state index contributed by atoms with van der Waals surface area (Å²) in [5, 5.41) is 0. The van der Waals surface area contributed by atoms with Crippen molar-refractivity contribution in [3.05, 3.63) is 22.5 Å². The van der Waals surface area contributed by atoms with Gasteiger partial charge in [0.15, 0.2) is 0 Å². The molecule has 1 aromatic heterocycles. The Hall–Kier alpha value is -1.78. The molecule has 1 aromatic rings. The van der Waals surface area contributed by atoms with Crippen LogP contribution in [0, 0.1) is 19.3 Å². The highest BCUT2D eigenvalue weighted by atomic mass is 16.5. The summed E-state index contributed by atoms with van der Waals surface area (Å²) < 4.78 is 4.77. The number of aromatic amines is 1. The smallest absolute Gasteiger partial charge is 0.339 e. The lowest BCUT2D eigenvalue weighted by Gasteiger charge is -2.35. The van der Waals surface area contributed by atoms with Crippen molar-refractivity contribution in [2.75, 3.05) is 14.2 Å². The molecule has 0 aliphatic rings. The summed E-state index contributed by atoms with van der Waals surface area (Å²) in [6.45, 7) is 11.8. The summed E-state index contributed by atoms with van der Waals surface area (Å²) in [7, 11) is 3.12. The Labute approximate surface area is 126 Å². The first kappa shape index (κ1) is 17.3. The summed E-state index contributed by atoms with van der Waals surface area (Å²) in [5.41, 5.74) is 2.16. The molecule has 0 fully saturated rings. The van der Waals surface area contributed by atoms with Gasteiger partial charge in [0, 0.05) is 18.8 Å². The van der Waals surface area contributed by atoms with Crippen LogP contribution in [0.4, 0.5) is 0 Å². The molecule has 0 unspecified atom stereocenters. The molecule has 1 rings (SSSR count). The molecule has 0 aliphatic heterocycles. The molecular weight excluding hydrogens is 268 g/mol. The van der Waals surface area contributed by atoms with Crippen molar-refractivity contribution in [3.8, 4) is 0 Å². The number of aryl methyl sites for hydroxylation is 1. The topological polar surface area (TPSA) is 62.4 Å². The lowest BCUT2D eigenvalue weighted by molar-refractivity contribution is 0.0599. The molecule has 0 spiro atoms. The third kappa shape index (κ3) is 3.28. The largest absolute Gasteiger partial charge is 0.465 e. The van der Waals surface area contributed by atoms with Crippen molar-refractivity contribution in [3.63, 3.8) is 0 Å². The maximum Gasteiger partial charge on any atom is 0.339 e. The van der Waals surface area contributed by atoms with Gasteiger partial charge in [-0.3, -0.25) is 4.79 Å². The van der Waals surface area contributed by atoms with Crippen LogP contribution >= 0.6 is 0 Å². The molecule has 1 amide bonds. The third-order valence-electron chi connectivity index (χ3n) is 4.20. The number of nitrogens with zero attached hydrogens (tertiary/aromatic N) is 1. The van der Waals surface area contributed by atoms with Gasteiger partial charge in [0.2, 0.25) is 0 Å². The number of nitrogens with one attached hydrogen (secondary N) is 1. The highest BCUT2D eigenvalue weighted by Gasteiger charge is 2.30. The molecule has 1 N–H and O–H groups in total. The van der Waals surface area contributed by atoms with Gasteiger partial charge in [0.1, 0.15) is 5.69 Å². The maximum atomic E-state index is 12.7. The summed E-state index contributed by atoms with van der Waals surface area (Å²) >= 11 is 0. The first-order valence-electron chi connectivity index (χ1n) is 7.07. The van der Waals surface area contributed by atoms with Crippen LogP contribution in [0.2, 0.25) is 0 Å². The van der Waals surface area contributed by atoms with Crippen LogP contribution in [0.5, 0.6) is 0 Å². The number of rotatable bonds is 3. The summed E-state index contributed by atoms with van der Waals surface area (Å²) in [6.07, 6.45) is 0. The second-order valence-electron chi connectivity index (χ2n) is 6.57. The number of H-pyrrole nitrogens is 1. The second-order valence-corrected chi connectivity index (χ2v) is 6.57. The SMILES string of the molecule is COC(=O)c1c(C)[nH]c(C(=O)N(C)[C@H](C)C(C)(C)C)c1C. The van der Waals surface area contributed by atoms with Gasteiger partial charge in [-0.25, -0.2) is 4.79 Å². The highest BCUT2D eigenvalue weighted by molar-refractivity contribution is 6.00. The number of esters is 1. The Bertz CT molecular complexity index is 553. The Balaban J connectivity index is 3.18. The molecule has 1 heterocycles. The fraction of sp³-hybridized carbons (Fsp3) is 0.625. The third-order valence-corrected chi connectivity index (χ3v) is 4.20. The average molecular weight is 294 g/mol. The van der Waals surface area contributed by atoms with E-state index in [9.17, 15) is 9.59 Å². The number of hydrogen-bond donors (Lipinski definition) is 1. The second kappa shape index (κ2) is 5.92. The average Bonchev–Trinajstić information content (AvgIpc) is 2.69. The fourth-order valence-corrected chi connectivity index (χ4v) is 2.31. The molecule has 5 nitrogen and oxygen atoms in total. The van der Waals surface area contributed by atoms with E-state index in [1.54, 1.807) is 25.8 Å². The molecule has 0 bridgehead atoms. The van der Waals surface area contributed by atoms with Gasteiger partial charge in [-0.15, -0.1) is 0 Å². The van der Waals surface area contributed by atoms with Gasteiger partial charge in [0.05, 0.1) is 12.7 Å². The lowest BCUT2D eigenvalue weighted by atomic mass is 9.87. The first-order valence-corrected chi connectivity index (χ1v) is 7.07. The van der Waals surface area contributed by atoms with Gasteiger partial charge < -0.3 is 14.6 Å². The predicted octanol–water partition coefficient (Wildman–Crippen LogP) is 2.92. The zero-order chi connectivity index (χ0) is 16.5. The van der Waals surface area contributed by atoms with Crippen LogP contribution in [-0.4, -0.2) is 42.0 Å². The van der Waals surface area contributed by atoms with E-state index in [0.717, 1.165) is 0 Å². The van der Waals surface area contributed by atoms with Crippen molar-refractivity contribution >= 4 is 11.9 Å². The first-order chi connectivity index (χ1) is 9.52. The normalized spacial score (nSPS) is 13.0. The Morgan fingerprint density at radius 3 is 2.19 bits per heavy atom. The van der Waals surface area contributed by atoms with E-state index >= 15 is 0 Å². The predicted molar refractivity (Wildman–Crippen MR) is 82.6 cm³/mol. The zero-order valence-corrected chi connectivity index (χ0v) is 14.2.